The van der Waals surface area contributed by atoms with E-state index in [9.17, 15) is 4.79 Å². The van der Waals surface area contributed by atoms with Crippen molar-refractivity contribution in [3.8, 4) is 0 Å². The van der Waals surface area contributed by atoms with Crippen LogP contribution in [0.3, 0.4) is 0 Å². The van der Waals surface area contributed by atoms with Gasteiger partial charge in [-0.2, -0.15) is 0 Å². The third-order valence-corrected chi connectivity index (χ3v) is 4.27. The summed E-state index contributed by atoms with van der Waals surface area (Å²) >= 11 is 1.60. The first-order chi connectivity index (χ1) is 9.59. The molecule has 0 bridgehead atoms. The van der Waals surface area contributed by atoms with Crippen LogP contribution in [0.4, 0.5) is 0 Å². The van der Waals surface area contributed by atoms with Crippen LogP contribution in [-0.4, -0.2) is 41.4 Å². The molecule has 2 N–H and O–H groups in total. The largest absolute Gasteiger partial charge is 0.468 e. The van der Waals surface area contributed by atoms with Gasteiger partial charge in [0, 0.05) is 5.75 Å². The Balaban J connectivity index is 1.96. The molecule has 1 unspecified atom stereocenters. The predicted molar refractivity (Wildman–Crippen MR) is 80.9 cm³/mol. The molecule has 0 saturated carbocycles. The van der Waals surface area contributed by atoms with Crippen LogP contribution in [0, 0.1) is 0 Å². The number of methoxy groups -OCH3 is 1. The van der Waals surface area contributed by atoms with E-state index in [1.165, 1.54) is 7.11 Å². The summed E-state index contributed by atoms with van der Waals surface area (Å²) in [5.41, 5.74) is 1.33. The lowest BCUT2D eigenvalue weighted by atomic mass is 10.00. The number of H-pyrrole nitrogens is 1. The summed E-state index contributed by atoms with van der Waals surface area (Å²) in [5, 5.41) is 3.89. The van der Waals surface area contributed by atoms with E-state index in [0.29, 0.717) is 6.42 Å². The molecular formula is C14H19N3O2S. The van der Waals surface area contributed by atoms with Gasteiger partial charge in [-0.3, -0.25) is 4.79 Å². The number of fused-ring (bicyclic) bond motifs is 1. The fourth-order valence-electron chi connectivity index (χ4n) is 1.90. The number of esters is 1. The molecule has 5 nitrogen and oxygen atoms in total. The number of nitrogens with one attached hydrogen (secondary N) is 2. The summed E-state index contributed by atoms with van der Waals surface area (Å²) in [6.45, 7) is 1.85. The number of aromatic nitrogens is 2. The Bertz CT molecular complexity index is 566. The van der Waals surface area contributed by atoms with Gasteiger partial charge >= 0.3 is 5.97 Å². The molecule has 2 rings (SSSR count). The molecule has 2 aromatic rings. The van der Waals surface area contributed by atoms with Crippen LogP contribution in [0.2, 0.25) is 0 Å². The van der Waals surface area contributed by atoms with Crippen molar-refractivity contribution in [2.24, 2.45) is 0 Å². The molecule has 0 amide bonds. The molecule has 0 saturated heterocycles. The highest BCUT2D eigenvalue weighted by Gasteiger charge is 2.32. The highest BCUT2D eigenvalue weighted by Crippen LogP contribution is 2.22. The number of para-hydroxylation sites is 2. The van der Waals surface area contributed by atoms with Gasteiger partial charge in [-0.15, -0.1) is 0 Å². The molecule has 1 heterocycles. The lowest BCUT2D eigenvalue weighted by Crippen LogP contribution is -2.48. The third kappa shape index (κ3) is 3.13. The highest BCUT2D eigenvalue weighted by atomic mass is 32.2. The lowest BCUT2D eigenvalue weighted by molar-refractivity contribution is -0.147. The first-order valence-electron chi connectivity index (χ1n) is 6.44. The molecule has 0 aliphatic heterocycles. The van der Waals surface area contributed by atoms with Crippen LogP contribution in [0.1, 0.15) is 13.3 Å². The quantitative estimate of drug-likeness (QED) is 0.631. The van der Waals surface area contributed by atoms with Crippen molar-refractivity contribution in [1.29, 1.82) is 0 Å². The second-order valence-corrected chi connectivity index (χ2v) is 5.81. The minimum absolute atomic E-state index is 0.245. The number of hydrogen-bond acceptors (Lipinski definition) is 5. The fourth-order valence-corrected chi connectivity index (χ4v) is 2.95. The van der Waals surface area contributed by atoms with E-state index in [0.717, 1.165) is 21.9 Å². The number of carbonyl (C=O) groups excluding carboxylic acids is 1. The molecule has 0 spiro atoms. The standard InChI is InChI=1S/C14H19N3O2S/c1-14(15-2,12(18)19-3)8-9-20-13-16-10-6-4-5-7-11(10)17-13/h4-7,15H,8-9H2,1-3H3,(H,16,17). The third-order valence-electron chi connectivity index (χ3n) is 3.40. The van der Waals surface area contributed by atoms with Crippen molar-refractivity contribution in [1.82, 2.24) is 15.3 Å². The molecule has 1 atom stereocenters. The van der Waals surface area contributed by atoms with Crippen LogP contribution in [0.25, 0.3) is 11.0 Å². The van der Waals surface area contributed by atoms with Gasteiger partial charge in [0.25, 0.3) is 0 Å². The Hall–Kier alpha value is -1.53. The number of benzene rings is 1. The van der Waals surface area contributed by atoms with E-state index < -0.39 is 5.54 Å². The summed E-state index contributed by atoms with van der Waals surface area (Å²) in [5.74, 6) is 0.525. The van der Waals surface area contributed by atoms with E-state index in [1.807, 2.05) is 31.2 Å². The van der Waals surface area contributed by atoms with Gasteiger partial charge in [-0.05, 0) is 32.5 Å². The number of ether oxygens (including phenoxy) is 1. The monoisotopic (exact) mass is 293 g/mol. The molecule has 0 aliphatic carbocycles. The maximum atomic E-state index is 11.7. The zero-order chi connectivity index (χ0) is 14.6. The first-order valence-corrected chi connectivity index (χ1v) is 7.42. The van der Waals surface area contributed by atoms with Gasteiger partial charge in [0.05, 0.1) is 18.1 Å². The van der Waals surface area contributed by atoms with Crippen LogP contribution in [0.15, 0.2) is 29.4 Å². The molecule has 108 valence electrons. The number of likely N-dealkylation sites (N-methyl/N-ethyl adjacent to an activating group) is 1. The normalized spacial score (nSPS) is 14.2. The SMILES string of the molecule is CNC(C)(CCSc1nc2ccccc2[nH]1)C(=O)OC. The molecule has 1 aromatic heterocycles. The lowest BCUT2D eigenvalue weighted by Gasteiger charge is -2.25. The Morgan fingerprint density at radius 2 is 2.25 bits per heavy atom. The van der Waals surface area contributed by atoms with Gasteiger partial charge < -0.3 is 15.0 Å². The molecule has 1 aromatic carbocycles. The Kier molecular flexibility index (Phi) is 4.67. The van der Waals surface area contributed by atoms with E-state index in [4.69, 9.17) is 4.74 Å². The smallest absolute Gasteiger partial charge is 0.325 e. The number of rotatable bonds is 6. The van der Waals surface area contributed by atoms with Crippen molar-refractivity contribution >= 4 is 28.8 Å². The van der Waals surface area contributed by atoms with E-state index >= 15 is 0 Å². The average Bonchev–Trinajstić information content (AvgIpc) is 2.88. The number of nitrogens with zero attached hydrogens (tertiary/aromatic N) is 1. The van der Waals surface area contributed by atoms with Gasteiger partial charge in [0.1, 0.15) is 5.54 Å². The fraction of sp³-hybridized carbons (Fsp3) is 0.429. The minimum atomic E-state index is -0.659. The minimum Gasteiger partial charge on any atom is -0.468 e. The summed E-state index contributed by atoms with van der Waals surface area (Å²) in [4.78, 5) is 19.5. The summed E-state index contributed by atoms with van der Waals surface area (Å²) in [6, 6.07) is 7.91. The van der Waals surface area contributed by atoms with Gasteiger partial charge in [0.15, 0.2) is 5.16 Å². The topological polar surface area (TPSA) is 67.0 Å². The number of hydrogen-bond donors (Lipinski definition) is 2. The van der Waals surface area contributed by atoms with E-state index in [-0.39, 0.29) is 5.97 Å². The van der Waals surface area contributed by atoms with Crippen molar-refractivity contribution in [2.75, 3.05) is 19.9 Å². The zero-order valence-electron chi connectivity index (χ0n) is 11.9. The van der Waals surface area contributed by atoms with Crippen LogP contribution in [-0.2, 0) is 9.53 Å². The highest BCUT2D eigenvalue weighted by molar-refractivity contribution is 7.99. The molecule has 0 fully saturated rings. The van der Waals surface area contributed by atoms with Gasteiger partial charge in [0.2, 0.25) is 0 Å². The van der Waals surface area contributed by atoms with E-state index in [1.54, 1.807) is 18.8 Å². The number of imidazole rings is 1. The number of aromatic amines is 1. The van der Waals surface area contributed by atoms with Crippen LogP contribution >= 0.6 is 11.8 Å². The van der Waals surface area contributed by atoms with Crippen molar-refractivity contribution in [3.63, 3.8) is 0 Å². The molecule has 6 heteroatoms. The summed E-state index contributed by atoms with van der Waals surface area (Å²) < 4.78 is 4.82. The predicted octanol–water partition coefficient (Wildman–Crippen LogP) is 2.20. The maximum absolute atomic E-state index is 11.7. The van der Waals surface area contributed by atoms with Crippen molar-refractivity contribution in [2.45, 2.75) is 24.0 Å². The average molecular weight is 293 g/mol. The molecule has 0 aliphatic rings. The van der Waals surface area contributed by atoms with Gasteiger partial charge in [-0.1, -0.05) is 23.9 Å². The van der Waals surface area contributed by atoms with Gasteiger partial charge in [-0.25, -0.2) is 4.98 Å². The second kappa shape index (κ2) is 6.28. The maximum Gasteiger partial charge on any atom is 0.325 e. The Morgan fingerprint density at radius 1 is 1.50 bits per heavy atom. The van der Waals surface area contributed by atoms with Crippen LogP contribution < -0.4 is 5.32 Å². The number of carbonyl (C=O) groups is 1. The molecular weight excluding hydrogens is 274 g/mol. The second-order valence-electron chi connectivity index (χ2n) is 4.73. The first kappa shape index (κ1) is 14.9. The Labute approximate surface area is 122 Å². The van der Waals surface area contributed by atoms with Crippen LogP contribution in [0.5, 0.6) is 0 Å². The van der Waals surface area contributed by atoms with Crippen molar-refractivity contribution < 1.29 is 9.53 Å². The van der Waals surface area contributed by atoms with Crippen molar-refractivity contribution in [3.05, 3.63) is 24.3 Å². The van der Waals surface area contributed by atoms with E-state index in [2.05, 4.69) is 15.3 Å². The Morgan fingerprint density at radius 3 is 2.90 bits per heavy atom. The zero-order valence-corrected chi connectivity index (χ0v) is 12.7. The number of thioether (sulfide) groups is 1. The summed E-state index contributed by atoms with van der Waals surface area (Å²) in [7, 11) is 3.17. The summed E-state index contributed by atoms with van der Waals surface area (Å²) in [6.07, 6.45) is 0.665. The molecule has 0 radical (unpaired) electrons. The molecule has 20 heavy (non-hydrogen) atoms.